The Morgan fingerprint density at radius 2 is 1.53 bits per heavy atom. The molecule has 0 amide bonds. The number of fused-ring (bicyclic) bond motifs is 1. The summed E-state index contributed by atoms with van der Waals surface area (Å²) in [4.78, 5) is 2.20. The molecular formula is C27H46F2N2O2Si. The van der Waals surface area contributed by atoms with E-state index in [4.69, 9.17) is 9.16 Å². The summed E-state index contributed by atoms with van der Waals surface area (Å²) in [6.07, 6.45) is 4.49. The Morgan fingerprint density at radius 1 is 0.971 bits per heavy atom. The summed E-state index contributed by atoms with van der Waals surface area (Å²) in [5.74, 6) is -1.58. The van der Waals surface area contributed by atoms with Gasteiger partial charge < -0.3 is 19.4 Å². The van der Waals surface area contributed by atoms with Gasteiger partial charge in [0.15, 0.2) is 25.7 Å². The van der Waals surface area contributed by atoms with Crippen LogP contribution in [-0.2, 0) is 4.43 Å². The zero-order valence-corrected chi connectivity index (χ0v) is 23.5. The number of hydrogen-bond acceptors (Lipinski definition) is 4. The summed E-state index contributed by atoms with van der Waals surface area (Å²) in [5, 5.41) is 3.74. The molecule has 2 atom stereocenters. The average Bonchev–Trinajstić information content (AvgIpc) is 2.73. The maximum absolute atomic E-state index is 15.1. The molecule has 1 saturated carbocycles. The van der Waals surface area contributed by atoms with Crippen LogP contribution in [0.3, 0.4) is 0 Å². The maximum atomic E-state index is 15.1. The first-order chi connectivity index (χ1) is 15.9. The van der Waals surface area contributed by atoms with Crippen LogP contribution in [0.2, 0.25) is 16.6 Å². The molecule has 194 valence electrons. The van der Waals surface area contributed by atoms with Crippen LogP contribution in [0.25, 0.3) is 0 Å². The summed E-state index contributed by atoms with van der Waals surface area (Å²) in [7, 11) is -2.04. The quantitative estimate of drug-likeness (QED) is 0.294. The van der Waals surface area contributed by atoms with Crippen molar-refractivity contribution in [1.82, 2.24) is 5.32 Å². The van der Waals surface area contributed by atoms with Gasteiger partial charge in [0.1, 0.15) is 6.61 Å². The Hall–Kier alpha value is -1.18. The van der Waals surface area contributed by atoms with Crippen LogP contribution in [0.5, 0.6) is 5.75 Å². The zero-order valence-electron chi connectivity index (χ0n) is 22.5. The first-order valence-electron chi connectivity index (χ1n) is 13.2. The minimum absolute atomic E-state index is 0.113. The molecular weight excluding hydrogens is 450 g/mol. The number of nitrogens with one attached hydrogen (secondary N) is 1. The number of halogens is 2. The van der Waals surface area contributed by atoms with E-state index in [1.54, 1.807) is 0 Å². The van der Waals surface area contributed by atoms with Crippen molar-refractivity contribution in [2.75, 3.05) is 24.7 Å². The highest BCUT2D eigenvalue weighted by Gasteiger charge is 2.45. The summed E-state index contributed by atoms with van der Waals surface area (Å²) in [6, 6.07) is 3.51. The number of ether oxygens (including phenoxy) is 1. The summed E-state index contributed by atoms with van der Waals surface area (Å²) in [6.45, 7) is 18.8. The van der Waals surface area contributed by atoms with E-state index in [1.807, 2.05) is 0 Å². The van der Waals surface area contributed by atoms with E-state index < -0.39 is 20.0 Å². The Balaban J connectivity index is 1.71. The molecule has 2 fully saturated rings. The van der Waals surface area contributed by atoms with E-state index in [9.17, 15) is 0 Å². The van der Waals surface area contributed by atoms with Gasteiger partial charge in [0, 0.05) is 42.0 Å². The predicted octanol–water partition coefficient (Wildman–Crippen LogP) is 7.04. The molecule has 1 saturated heterocycles. The lowest BCUT2D eigenvalue weighted by atomic mass is 9.83. The number of benzene rings is 1. The van der Waals surface area contributed by atoms with Gasteiger partial charge in [-0.25, -0.2) is 8.78 Å². The normalized spacial score (nSPS) is 23.0. The van der Waals surface area contributed by atoms with Gasteiger partial charge in [0.25, 0.3) is 0 Å². The van der Waals surface area contributed by atoms with Crippen LogP contribution >= 0.6 is 0 Å². The number of hydrogen-bond donors (Lipinski definition) is 1. The molecule has 1 aliphatic heterocycles. The van der Waals surface area contributed by atoms with Gasteiger partial charge >= 0.3 is 0 Å². The van der Waals surface area contributed by atoms with Crippen LogP contribution < -0.4 is 15.0 Å². The third kappa shape index (κ3) is 5.62. The van der Waals surface area contributed by atoms with E-state index in [2.05, 4.69) is 65.6 Å². The van der Waals surface area contributed by atoms with E-state index >= 15 is 8.78 Å². The topological polar surface area (TPSA) is 33.7 Å². The van der Waals surface area contributed by atoms with Crippen LogP contribution in [0.15, 0.2) is 12.1 Å². The lowest BCUT2D eigenvalue weighted by molar-refractivity contribution is 0.188. The first kappa shape index (κ1) is 27.4. The molecule has 0 spiro atoms. The van der Waals surface area contributed by atoms with Crippen LogP contribution in [0.1, 0.15) is 81.1 Å². The lowest BCUT2D eigenvalue weighted by Crippen LogP contribution is -2.67. The minimum Gasteiger partial charge on any atom is -0.485 e. The monoisotopic (exact) mass is 496 g/mol. The standard InChI is InChI=1S/C27H46F2N2O2Si/c1-18(2)34(19(3)4,20(5)6)33-14-13-32-26-22(28)15-21(16-23(26)29)31-17-27(7,8)30-24-11-9-10-12-25(24)31/h15-16,18-20,24-25,30H,9-14,17H2,1-8H3. The van der Waals surface area contributed by atoms with Gasteiger partial charge in [0.05, 0.1) is 6.61 Å². The van der Waals surface area contributed by atoms with E-state index in [0.717, 1.165) is 19.3 Å². The second-order valence-corrected chi connectivity index (χ2v) is 17.3. The third-order valence-corrected chi connectivity index (χ3v) is 14.1. The molecule has 3 rings (SSSR count). The van der Waals surface area contributed by atoms with Crippen molar-refractivity contribution in [3.8, 4) is 5.75 Å². The highest BCUT2D eigenvalue weighted by molar-refractivity contribution is 6.77. The fourth-order valence-corrected chi connectivity index (χ4v) is 12.2. The van der Waals surface area contributed by atoms with Gasteiger partial charge in [-0.05, 0) is 43.3 Å². The second kappa shape index (κ2) is 10.8. The van der Waals surface area contributed by atoms with Gasteiger partial charge in [-0.15, -0.1) is 0 Å². The molecule has 0 aromatic heterocycles. The van der Waals surface area contributed by atoms with Gasteiger partial charge in [0.2, 0.25) is 0 Å². The summed E-state index contributed by atoms with van der Waals surface area (Å²) < 4.78 is 42.3. The number of nitrogens with zero attached hydrogens (tertiary/aromatic N) is 1. The Labute approximate surface area is 206 Å². The molecule has 1 aliphatic carbocycles. The second-order valence-electron chi connectivity index (χ2n) is 11.9. The van der Waals surface area contributed by atoms with Crippen molar-refractivity contribution in [3.05, 3.63) is 23.8 Å². The smallest absolute Gasteiger partial charge is 0.200 e. The van der Waals surface area contributed by atoms with Crippen molar-refractivity contribution < 1.29 is 17.9 Å². The molecule has 7 heteroatoms. The third-order valence-electron chi connectivity index (χ3n) is 7.98. The largest absolute Gasteiger partial charge is 0.485 e. The van der Waals surface area contributed by atoms with Crippen LogP contribution in [-0.4, -0.2) is 45.7 Å². The molecule has 34 heavy (non-hydrogen) atoms. The molecule has 2 aliphatic rings. The molecule has 1 N–H and O–H groups in total. The van der Waals surface area contributed by atoms with E-state index in [-0.39, 0.29) is 23.9 Å². The van der Waals surface area contributed by atoms with E-state index in [0.29, 0.717) is 41.5 Å². The summed E-state index contributed by atoms with van der Waals surface area (Å²) >= 11 is 0. The Morgan fingerprint density at radius 3 is 2.09 bits per heavy atom. The fourth-order valence-electron chi connectivity index (χ4n) is 6.74. The Bertz CT molecular complexity index is 786. The van der Waals surface area contributed by atoms with Crippen molar-refractivity contribution >= 4 is 14.0 Å². The predicted molar refractivity (Wildman–Crippen MR) is 139 cm³/mol. The van der Waals surface area contributed by atoms with Crippen LogP contribution in [0.4, 0.5) is 14.5 Å². The fraction of sp³-hybridized carbons (Fsp3) is 0.778. The van der Waals surface area contributed by atoms with Gasteiger partial charge in [-0.3, -0.25) is 0 Å². The first-order valence-corrected chi connectivity index (χ1v) is 15.3. The molecule has 4 nitrogen and oxygen atoms in total. The number of anilines is 1. The zero-order chi connectivity index (χ0) is 25.3. The number of rotatable bonds is 9. The maximum Gasteiger partial charge on any atom is 0.200 e. The average molecular weight is 497 g/mol. The molecule has 2 unspecified atom stereocenters. The highest BCUT2D eigenvalue weighted by Crippen LogP contribution is 2.42. The van der Waals surface area contributed by atoms with Gasteiger partial charge in [-0.2, -0.15) is 0 Å². The minimum atomic E-state index is -2.04. The summed E-state index contributed by atoms with van der Waals surface area (Å²) in [5.41, 5.74) is 1.85. The van der Waals surface area contributed by atoms with Gasteiger partial charge in [-0.1, -0.05) is 54.4 Å². The molecule has 1 aromatic carbocycles. The molecule has 1 heterocycles. The SMILES string of the molecule is CC(C)[Si](OCCOc1c(F)cc(N2CC(C)(C)NC3CCCCC32)cc1F)(C(C)C)C(C)C. The van der Waals surface area contributed by atoms with Crippen LogP contribution in [0, 0.1) is 11.6 Å². The Kier molecular flexibility index (Phi) is 8.73. The van der Waals surface area contributed by atoms with E-state index in [1.165, 1.54) is 18.6 Å². The number of piperazine rings is 1. The molecule has 1 aromatic rings. The lowest BCUT2D eigenvalue weighted by Gasteiger charge is -2.52. The van der Waals surface area contributed by atoms with Crippen molar-refractivity contribution in [2.24, 2.45) is 0 Å². The molecule has 0 radical (unpaired) electrons. The highest BCUT2D eigenvalue weighted by atomic mass is 28.4. The van der Waals surface area contributed by atoms with Crippen molar-refractivity contribution in [2.45, 2.75) is 115 Å². The van der Waals surface area contributed by atoms with Crippen molar-refractivity contribution in [3.63, 3.8) is 0 Å². The molecule has 0 bridgehead atoms. The van der Waals surface area contributed by atoms with Crippen molar-refractivity contribution in [1.29, 1.82) is 0 Å².